The summed E-state index contributed by atoms with van der Waals surface area (Å²) >= 11 is 5.94. The summed E-state index contributed by atoms with van der Waals surface area (Å²) in [5.41, 5.74) is -1.24. The Hall–Kier alpha value is -1.97. The summed E-state index contributed by atoms with van der Waals surface area (Å²) in [6, 6.07) is -0.0133. The van der Waals surface area contributed by atoms with Gasteiger partial charge in [-0.15, -0.1) is 0 Å². The van der Waals surface area contributed by atoms with Crippen LogP contribution in [0.4, 0.5) is 10.2 Å². The predicted octanol–water partition coefficient (Wildman–Crippen LogP) is 2.33. The number of β-amino-alcohol motifs (C(OH)–C–C–N with tert-alkyl or cyclic N) is 1. The van der Waals surface area contributed by atoms with Gasteiger partial charge in [0, 0.05) is 18.5 Å². The van der Waals surface area contributed by atoms with Crippen LogP contribution in [0.1, 0.15) is 32.6 Å². The molecule has 10 heteroatoms. The molecule has 1 unspecified atom stereocenters. The number of aliphatic hydroxyl groups excluding tert-OH is 1. The van der Waals surface area contributed by atoms with E-state index < -0.39 is 11.4 Å². The first kappa shape index (κ1) is 20.3. The number of hydrogen-bond donors (Lipinski definition) is 2. The van der Waals surface area contributed by atoms with Gasteiger partial charge in [0.15, 0.2) is 11.0 Å². The lowest BCUT2D eigenvalue weighted by molar-refractivity contribution is 0.0447. The first-order valence-corrected chi connectivity index (χ1v) is 9.97. The normalized spacial score (nSPS) is 23.3. The molecule has 2 aromatic rings. The second-order valence-electron chi connectivity index (χ2n) is 8.25. The van der Waals surface area contributed by atoms with E-state index in [0.717, 1.165) is 19.3 Å². The monoisotopic (exact) mass is 426 g/mol. The summed E-state index contributed by atoms with van der Waals surface area (Å²) < 4.78 is 25.9. The lowest BCUT2D eigenvalue weighted by Crippen LogP contribution is -2.46. The zero-order chi connectivity index (χ0) is 20.8. The van der Waals surface area contributed by atoms with E-state index in [1.54, 1.807) is 6.92 Å². The quantitative estimate of drug-likeness (QED) is 0.679. The molecular weight excluding hydrogens is 403 g/mol. The van der Waals surface area contributed by atoms with Gasteiger partial charge in [-0.3, -0.25) is 0 Å². The van der Waals surface area contributed by atoms with Crippen molar-refractivity contribution in [2.75, 3.05) is 38.3 Å². The molecular formula is C19H24ClFN4O4. The molecule has 4 rings (SSSR count). The van der Waals surface area contributed by atoms with Gasteiger partial charge >= 0.3 is 6.01 Å². The number of piperidine rings is 1. The Morgan fingerprint density at radius 2 is 2.00 bits per heavy atom. The molecule has 3 heterocycles. The number of aromatic nitrogens is 3. The molecule has 1 saturated carbocycles. The van der Waals surface area contributed by atoms with Crippen molar-refractivity contribution in [3.05, 3.63) is 11.0 Å². The summed E-state index contributed by atoms with van der Waals surface area (Å²) in [4.78, 5) is 14.6. The Labute approximate surface area is 172 Å². The zero-order valence-electron chi connectivity index (χ0n) is 16.4. The SMILES string of the molecule is COc1nc(Cl)c(F)c2nc(OCC3(CO)CC3)nc(N3CCCC(C)(O)C3)c12. The van der Waals surface area contributed by atoms with Crippen LogP contribution in [0.3, 0.4) is 0 Å². The number of nitrogens with zero attached hydrogens (tertiary/aromatic N) is 4. The molecule has 1 aliphatic heterocycles. The van der Waals surface area contributed by atoms with Gasteiger partial charge in [0.1, 0.15) is 16.7 Å². The number of rotatable bonds is 6. The number of methoxy groups -OCH3 is 1. The molecule has 1 atom stereocenters. The van der Waals surface area contributed by atoms with Gasteiger partial charge in [-0.05, 0) is 32.6 Å². The number of anilines is 1. The van der Waals surface area contributed by atoms with E-state index in [4.69, 9.17) is 21.1 Å². The second kappa shape index (κ2) is 7.37. The van der Waals surface area contributed by atoms with Crippen molar-refractivity contribution < 1.29 is 24.1 Å². The van der Waals surface area contributed by atoms with Crippen molar-refractivity contribution in [3.8, 4) is 11.9 Å². The molecule has 0 radical (unpaired) electrons. The highest BCUT2D eigenvalue weighted by atomic mass is 35.5. The minimum Gasteiger partial charge on any atom is -0.480 e. The van der Waals surface area contributed by atoms with Crippen LogP contribution in [0.2, 0.25) is 5.15 Å². The minimum absolute atomic E-state index is 0.0133. The Bertz CT molecular complexity index is 938. The summed E-state index contributed by atoms with van der Waals surface area (Å²) in [7, 11) is 1.41. The smallest absolute Gasteiger partial charge is 0.319 e. The highest BCUT2D eigenvalue weighted by molar-refractivity contribution is 6.30. The molecule has 1 aliphatic carbocycles. The number of fused-ring (bicyclic) bond motifs is 1. The van der Waals surface area contributed by atoms with E-state index in [2.05, 4.69) is 15.0 Å². The standard InChI is InChI=1S/C19H24ClFN4O4/c1-18(27)4-3-7-25(8-18)15-11-13(12(21)14(20)23-16(11)28-2)22-17(24-15)29-10-19(9-26)5-6-19/h26-27H,3-10H2,1-2H3. The third-order valence-corrected chi connectivity index (χ3v) is 5.89. The molecule has 0 aromatic carbocycles. The van der Waals surface area contributed by atoms with Gasteiger partial charge in [-0.2, -0.15) is 15.0 Å². The van der Waals surface area contributed by atoms with Crippen LogP contribution < -0.4 is 14.4 Å². The number of aliphatic hydroxyl groups is 2. The fourth-order valence-electron chi connectivity index (χ4n) is 3.66. The van der Waals surface area contributed by atoms with Gasteiger partial charge in [-0.25, -0.2) is 4.39 Å². The molecule has 2 fully saturated rings. The average Bonchev–Trinajstić information content (AvgIpc) is 3.48. The number of ether oxygens (including phenoxy) is 2. The van der Waals surface area contributed by atoms with Crippen molar-refractivity contribution in [1.82, 2.24) is 15.0 Å². The van der Waals surface area contributed by atoms with E-state index >= 15 is 0 Å². The van der Waals surface area contributed by atoms with Gasteiger partial charge in [0.05, 0.1) is 25.9 Å². The highest BCUT2D eigenvalue weighted by Gasteiger charge is 2.43. The zero-order valence-corrected chi connectivity index (χ0v) is 17.2. The van der Waals surface area contributed by atoms with Crippen molar-refractivity contribution in [2.45, 2.75) is 38.2 Å². The van der Waals surface area contributed by atoms with E-state index in [0.29, 0.717) is 25.3 Å². The van der Waals surface area contributed by atoms with Crippen molar-refractivity contribution in [2.24, 2.45) is 5.41 Å². The van der Waals surface area contributed by atoms with E-state index in [1.165, 1.54) is 7.11 Å². The molecule has 0 amide bonds. The van der Waals surface area contributed by atoms with Crippen molar-refractivity contribution >= 4 is 28.3 Å². The topological polar surface area (TPSA) is 101 Å². The largest absolute Gasteiger partial charge is 0.480 e. The third-order valence-electron chi connectivity index (χ3n) is 5.64. The summed E-state index contributed by atoms with van der Waals surface area (Å²) in [5.74, 6) is -0.311. The fraction of sp³-hybridized carbons (Fsp3) is 0.632. The molecule has 2 N–H and O–H groups in total. The van der Waals surface area contributed by atoms with Crippen LogP contribution in [0.15, 0.2) is 0 Å². The molecule has 1 saturated heterocycles. The van der Waals surface area contributed by atoms with E-state index in [1.807, 2.05) is 4.90 Å². The maximum atomic E-state index is 14.8. The van der Waals surface area contributed by atoms with Gasteiger partial charge < -0.3 is 24.6 Å². The average molecular weight is 427 g/mol. The lowest BCUT2D eigenvalue weighted by atomic mass is 9.95. The van der Waals surface area contributed by atoms with Gasteiger partial charge in [0.25, 0.3) is 0 Å². The Balaban J connectivity index is 1.82. The van der Waals surface area contributed by atoms with Crippen LogP contribution >= 0.6 is 11.6 Å². The predicted molar refractivity (Wildman–Crippen MR) is 105 cm³/mol. The Morgan fingerprint density at radius 3 is 2.62 bits per heavy atom. The molecule has 29 heavy (non-hydrogen) atoms. The number of halogens is 2. The maximum Gasteiger partial charge on any atom is 0.319 e. The van der Waals surface area contributed by atoms with Crippen LogP contribution in [0.5, 0.6) is 11.9 Å². The molecule has 158 valence electrons. The number of hydrogen-bond acceptors (Lipinski definition) is 8. The highest BCUT2D eigenvalue weighted by Crippen LogP contribution is 2.45. The van der Waals surface area contributed by atoms with Crippen LogP contribution in [0, 0.1) is 11.2 Å². The summed E-state index contributed by atoms with van der Waals surface area (Å²) in [6.45, 7) is 2.94. The Morgan fingerprint density at radius 1 is 1.24 bits per heavy atom. The molecule has 0 bridgehead atoms. The van der Waals surface area contributed by atoms with E-state index in [9.17, 15) is 14.6 Å². The van der Waals surface area contributed by atoms with Crippen molar-refractivity contribution in [1.29, 1.82) is 0 Å². The van der Waals surface area contributed by atoms with Gasteiger partial charge in [0.2, 0.25) is 5.88 Å². The van der Waals surface area contributed by atoms with Crippen molar-refractivity contribution in [3.63, 3.8) is 0 Å². The first-order valence-electron chi connectivity index (χ1n) is 9.59. The maximum absolute atomic E-state index is 14.8. The van der Waals surface area contributed by atoms with Gasteiger partial charge in [-0.1, -0.05) is 11.6 Å². The third kappa shape index (κ3) is 3.91. The fourth-order valence-corrected chi connectivity index (χ4v) is 3.83. The van der Waals surface area contributed by atoms with Crippen LogP contribution in [-0.4, -0.2) is 64.2 Å². The van der Waals surface area contributed by atoms with Crippen LogP contribution in [-0.2, 0) is 0 Å². The molecule has 2 aliphatic rings. The molecule has 8 nitrogen and oxygen atoms in total. The molecule has 2 aromatic heterocycles. The minimum atomic E-state index is -0.906. The summed E-state index contributed by atoms with van der Waals surface area (Å²) in [6.07, 6.45) is 3.12. The first-order chi connectivity index (χ1) is 13.8. The number of pyridine rings is 1. The Kier molecular flexibility index (Phi) is 5.16. The lowest BCUT2D eigenvalue weighted by Gasteiger charge is -2.38. The summed E-state index contributed by atoms with van der Waals surface area (Å²) in [5, 5.41) is 20.0. The van der Waals surface area contributed by atoms with E-state index in [-0.39, 0.29) is 46.6 Å². The second-order valence-corrected chi connectivity index (χ2v) is 8.61. The molecule has 0 spiro atoms. The van der Waals surface area contributed by atoms with Crippen LogP contribution in [0.25, 0.3) is 10.9 Å².